The molecule has 4 atom stereocenters. The first-order valence-corrected chi connectivity index (χ1v) is 11.7. The predicted octanol–water partition coefficient (Wildman–Crippen LogP) is 1.22. The molecule has 0 spiro atoms. The van der Waals surface area contributed by atoms with Crippen LogP contribution in [0.5, 0.6) is 0 Å². The molecule has 2 N–H and O–H groups in total. The third-order valence-corrected chi connectivity index (χ3v) is 9.81. The van der Waals surface area contributed by atoms with Crippen molar-refractivity contribution in [1.82, 2.24) is 9.55 Å². The fourth-order valence-electron chi connectivity index (χ4n) is 2.83. The maximum Gasteiger partial charge on any atom is 0.330 e. The highest BCUT2D eigenvalue weighted by molar-refractivity contribution is 6.74. The number of hydrogen-bond donors (Lipinski definition) is 2. The van der Waals surface area contributed by atoms with Gasteiger partial charge in [0.2, 0.25) is 0 Å². The minimum Gasteiger partial charge on any atom is -0.408 e. The normalized spacial score (nSPS) is 27.0. The molecule has 0 radical (unpaired) electrons. The smallest absolute Gasteiger partial charge is 0.330 e. The van der Waals surface area contributed by atoms with Crippen LogP contribution in [0.4, 0.5) is 0 Å². The van der Waals surface area contributed by atoms with Gasteiger partial charge in [-0.05, 0) is 24.6 Å². The minimum absolute atomic E-state index is 0.0119. The third kappa shape index (κ3) is 4.17. The SMILES string of the molecule is CO[C@@H]1[C@H](O[Si](C)(C)C(C)(C)C)[C@@H](CCO)O[C@H]1n1ccc(=O)[nH]c1=O. The summed E-state index contributed by atoms with van der Waals surface area (Å²) >= 11 is 0. The molecule has 1 aromatic rings. The molecule has 2 rings (SSSR count). The van der Waals surface area contributed by atoms with E-state index in [9.17, 15) is 14.7 Å². The quantitative estimate of drug-likeness (QED) is 0.713. The van der Waals surface area contributed by atoms with Gasteiger partial charge in [-0.2, -0.15) is 0 Å². The van der Waals surface area contributed by atoms with E-state index in [1.165, 1.54) is 16.8 Å². The Labute approximate surface area is 154 Å². The van der Waals surface area contributed by atoms with E-state index >= 15 is 0 Å². The van der Waals surface area contributed by atoms with Crippen molar-refractivity contribution in [3.63, 3.8) is 0 Å². The molecule has 0 saturated carbocycles. The van der Waals surface area contributed by atoms with Crippen LogP contribution >= 0.6 is 0 Å². The maximum absolute atomic E-state index is 12.2. The molecular weight excluding hydrogens is 356 g/mol. The van der Waals surface area contributed by atoms with E-state index in [2.05, 4.69) is 38.8 Å². The summed E-state index contributed by atoms with van der Waals surface area (Å²) < 4.78 is 19.5. The average Bonchev–Trinajstić information content (AvgIpc) is 2.83. The van der Waals surface area contributed by atoms with Crippen LogP contribution in [0.15, 0.2) is 21.9 Å². The number of aliphatic hydroxyl groups excluding tert-OH is 1. The maximum atomic E-state index is 12.2. The van der Waals surface area contributed by atoms with Gasteiger partial charge in [0.25, 0.3) is 5.56 Å². The van der Waals surface area contributed by atoms with E-state index in [0.29, 0.717) is 6.42 Å². The topological polar surface area (TPSA) is 103 Å². The Morgan fingerprint density at radius 3 is 2.46 bits per heavy atom. The van der Waals surface area contributed by atoms with Gasteiger partial charge in [0, 0.05) is 26.0 Å². The van der Waals surface area contributed by atoms with Crippen LogP contribution in [-0.2, 0) is 13.9 Å². The van der Waals surface area contributed by atoms with Gasteiger partial charge in [0.15, 0.2) is 14.5 Å². The lowest BCUT2D eigenvalue weighted by Gasteiger charge is -2.40. The van der Waals surface area contributed by atoms with Gasteiger partial charge in [-0.25, -0.2) is 4.79 Å². The molecule has 8 nitrogen and oxygen atoms in total. The first-order valence-electron chi connectivity index (χ1n) is 8.80. The van der Waals surface area contributed by atoms with Crippen molar-refractivity contribution in [2.45, 2.75) is 69.9 Å². The van der Waals surface area contributed by atoms with Crippen molar-refractivity contribution in [3.05, 3.63) is 33.1 Å². The molecule has 2 heterocycles. The Morgan fingerprint density at radius 1 is 1.31 bits per heavy atom. The van der Waals surface area contributed by atoms with Crippen LogP contribution in [0.25, 0.3) is 0 Å². The molecule has 1 fully saturated rings. The zero-order valence-corrected chi connectivity index (χ0v) is 17.3. The minimum atomic E-state index is -2.14. The molecular formula is C17H30N2O6Si. The van der Waals surface area contributed by atoms with Crippen LogP contribution in [0.2, 0.25) is 18.1 Å². The van der Waals surface area contributed by atoms with Crippen molar-refractivity contribution < 1.29 is 19.0 Å². The molecule has 9 heteroatoms. The number of nitrogens with one attached hydrogen (secondary N) is 1. The van der Waals surface area contributed by atoms with E-state index in [1.54, 1.807) is 7.11 Å². The van der Waals surface area contributed by atoms with Gasteiger partial charge in [0.1, 0.15) is 12.2 Å². The van der Waals surface area contributed by atoms with Crippen molar-refractivity contribution in [2.75, 3.05) is 13.7 Å². The standard InChI is InChI=1S/C17H30N2O6Si/c1-17(2,3)26(5,6)25-13-11(8-10-20)24-15(14(13)23-4)19-9-7-12(21)18-16(19)22/h7,9,11,13-15,20H,8,10H2,1-6H3,(H,18,21,22)/t11-,13-,14-,15-/m1/s1. The van der Waals surface area contributed by atoms with E-state index in [4.69, 9.17) is 13.9 Å². The van der Waals surface area contributed by atoms with Crippen LogP contribution in [0.1, 0.15) is 33.4 Å². The van der Waals surface area contributed by atoms with Gasteiger partial charge in [-0.3, -0.25) is 14.3 Å². The lowest BCUT2D eigenvalue weighted by molar-refractivity contribution is -0.0565. The molecule has 1 aliphatic heterocycles. The van der Waals surface area contributed by atoms with Crippen LogP contribution in [0.3, 0.4) is 0 Å². The molecule has 0 bridgehead atoms. The van der Waals surface area contributed by atoms with Crippen LogP contribution in [-0.4, -0.2) is 55.0 Å². The number of H-pyrrole nitrogens is 1. The number of aliphatic hydroxyl groups is 1. The number of rotatable bonds is 6. The van der Waals surface area contributed by atoms with Crippen molar-refractivity contribution in [1.29, 1.82) is 0 Å². The monoisotopic (exact) mass is 386 g/mol. The highest BCUT2D eigenvalue weighted by atomic mass is 28.4. The van der Waals surface area contributed by atoms with E-state index < -0.39 is 44.1 Å². The molecule has 1 aromatic heterocycles. The first kappa shape index (κ1) is 21.0. The number of aromatic nitrogens is 2. The summed E-state index contributed by atoms with van der Waals surface area (Å²) in [5.74, 6) is 0. The average molecular weight is 387 g/mol. The second kappa shape index (κ2) is 7.77. The molecule has 0 amide bonds. The summed E-state index contributed by atoms with van der Waals surface area (Å²) in [5, 5.41) is 9.42. The molecule has 1 saturated heterocycles. The third-order valence-electron chi connectivity index (χ3n) is 5.33. The van der Waals surface area contributed by atoms with E-state index in [1.807, 2.05) is 0 Å². The van der Waals surface area contributed by atoms with E-state index in [-0.39, 0.29) is 11.6 Å². The highest BCUT2D eigenvalue weighted by Crippen LogP contribution is 2.42. The Kier molecular flexibility index (Phi) is 6.29. The molecule has 26 heavy (non-hydrogen) atoms. The number of nitrogens with zero attached hydrogens (tertiary/aromatic N) is 1. The second-order valence-corrected chi connectivity index (χ2v) is 12.9. The summed E-state index contributed by atoms with van der Waals surface area (Å²) in [6.07, 6.45) is -0.351. The molecule has 1 aliphatic rings. The lowest BCUT2D eigenvalue weighted by Crippen LogP contribution is -2.50. The summed E-state index contributed by atoms with van der Waals surface area (Å²) in [6, 6.07) is 1.26. The summed E-state index contributed by atoms with van der Waals surface area (Å²) in [7, 11) is -0.596. The lowest BCUT2D eigenvalue weighted by atomic mass is 10.1. The number of hydrogen-bond acceptors (Lipinski definition) is 6. The fraction of sp³-hybridized carbons (Fsp3) is 0.765. The Balaban J connectivity index is 2.39. The summed E-state index contributed by atoms with van der Waals surface area (Å²) in [5.41, 5.74) is -1.04. The van der Waals surface area contributed by atoms with Crippen LogP contribution < -0.4 is 11.2 Å². The molecule has 0 unspecified atom stereocenters. The zero-order valence-electron chi connectivity index (χ0n) is 16.3. The number of methoxy groups -OCH3 is 1. The van der Waals surface area contributed by atoms with Gasteiger partial charge in [-0.1, -0.05) is 20.8 Å². The van der Waals surface area contributed by atoms with Gasteiger partial charge < -0.3 is 19.0 Å². The largest absolute Gasteiger partial charge is 0.408 e. The fourth-order valence-corrected chi connectivity index (χ4v) is 4.15. The summed E-state index contributed by atoms with van der Waals surface area (Å²) in [4.78, 5) is 25.8. The molecule has 148 valence electrons. The van der Waals surface area contributed by atoms with Crippen LogP contribution in [0, 0.1) is 0 Å². The van der Waals surface area contributed by atoms with Gasteiger partial charge in [-0.15, -0.1) is 0 Å². The van der Waals surface area contributed by atoms with E-state index in [0.717, 1.165) is 0 Å². The Hall–Kier alpha value is -1.26. The second-order valence-electron chi connectivity index (χ2n) is 8.14. The zero-order chi connectivity index (χ0) is 19.7. The molecule has 0 aromatic carbocycles. The molecule has 0 aliphatic carbocycles. The highest BCUT2D eigenvalue weighted by Gasteiger charge is 2.51. The van der Waals surface area contributed by atoms with Crippen molar-refractivity contribution in [2.24, 2.45) is 0 Å². The first-order chi connectivity index (χ1) is 12.0. The van der Waals surface area contributed by atoms with Crippen molar-refractivity contribution in [3.8, 4) is 0 Å². The number of ether oxygens (including phenoxy) is 2. The number of aromatic amines is 1. The Morgan fingerprint density at radius 2 is 1.96 bits per heavy atom. The van der Waals surface area contributed by atoms with Gasteiger partial charge in [0.05, 0.1) is 6.10 Å². The predicted molar refractivity (Wildman–Crippen MR) is 99.8 cm³/mol. The summed E-state index contributed by atoms with van der Waals surface area (Å²) in [6.45, 7) is 10.6. The Bertz CT molecular complexity index is 723. The van der Waals surface area contributed by atoms with Gasteiger partial charge >= 0.3 is 5.69 Å². The van der Waals surface area contributed by atoms with Crippen molar-refractivity contribution >= 4 is 8.32 Å².